The SMILES string of the molecule is Cc1[nH]n(C)c(=O)c1Cc1ccc(O)cc1. The molecule has 0 saturated heterocycles. The van der Waals surface area contributed by atoms with Crippen LogP contribution in [0.3, 0.4) is 0 Å². The molecule has 0 radical (unpaired) electrons. The van der Waals surface area contributed by atoms with Crippen molar-refractivity contribution >= 4 is 0 Å². The molecule has 0 aliphatic rings. The van der Waals surface area contributed by atoms with Crippen LogP contribution in [0.4, 0.5) is 0 Å². The average molecular weight is 218 g/mol. The van der Waals surface area contributed by atoms with E-state index in [1.54, 1.807) is 19.2 Å². The number of aromatic hydroxyl groups is 1. The fraction of sp³-hybridized carbons (Fsp3) is 0.250. The molecule has 0 spiro atoms. The lowest BCUT2D eigenvalue weighted by molar-refractivity contribution is 0.475. The quantitative estimate of drug-likeness (QED) is 0.798. The monoisotopic (exact) mass is 218 g/mol. The molecule has 0 saturated carbocycles. The van der Waals surface area contributed by atoms with Crippen LogP contribution in [0.1, 0.15) is 16.8 Å². The molecule has 2 N–H and O–H groups in total. The zero-order valence-electron chi connectivity index (χ0n) is 9.32. The molecule has 4 heteroatoms. The van der Waals surface area contributed by atoms with Gasteiger partial charge in [0.15, 0.2) is 0 Å². The second-order valence-electron chi connectivity index (χ2n) is 3.92. The molecular weight excluding hydrogens is 204 g/mol. The second-order valence-corrected chi connectivity index (χ2v) is 3.92. The molecule has 0 aliphatic carbocycles. The van der Waals surface area contributed by atoms with Crippen molar-refractivity contribution in [1.29, 1.82) is 0 Å². The number of nitrogens with one attached hydrogen (secondary N) is 1. The van der Waals surface area contributed by atoms with Crippen molar-refractivity contribution < 1.29 is 5.11 Å². The summed E-state index contributed by atoms with van der Waals surface area (Å²) in [6.45, 7) is 1.89. The topological polar surface area (TPSA) is 58.0 Å². The van der Waals surface area contributed by atoms with Crippen LogP contribution in [0.2, 0.25) is 0 Å². The maximum atomic E-state index is 11.7. The largest absolute Gasteiger partial charge is 0.508 e. The van der Waals surface area contributed by atoms with Gasteiger partial charge in [-0.1, -0.05) is 12.1 Å². The molecule has 1 aromatic carbocycles. The summed E-state index contributed by atoms with van der Waals surface area (Å²) in [5.74, 6) is 0.238. The highest BCUT2D eigenvalue weighted by molar-refractivity contribution is 5.31. The van der Waals surface area contributed by atoms with Crippen molar-refractivity contribution in [2.24, 2.45) is 7.05 Å². The van der Waals surface area contributed by atoms with Crippen molar-refractivity contribution in [2.45, 2.75) is 13.3 Å². The summed E-state index contributed by atoms with van der Waals surface area (Å²) in [5, 5.41) is 12.1. The summed E-state index contributed by atoms with van der Waals surface area (Å²) in [4.78, 5) is 11.7. The minimum atomic E-state index is 0.00516. The van der Waals surface area contributed by atoms with Crippen LogP contribution < -0.4 is 5.56 Å². The third-order valence-electron chi connectivity index (χ3n) is 2.67. The van der Waals surface area contributed by atoms with Gasteiger partial charge in [0, 0.05) is 24.7 Å². The summed E-state index contributed by atoms with van der Waals surface area (Å²) in [6.07, 6.45) is 0.586. The number of hydrogen-bond donors (Lipinski definition) is 2. The highest BCUT2D eigenvalue weighted by Crippen LogP contribution is 2.13. The number of H-pyrrole nitrogens is 1. The van der Waals surface area contributed by atoms with Crippen molar-refractivity contribution in [3.05, 3.63) is 51.4 Å². The number of phenolic OH excluding ortho intramolecular Hbond substituents is 1. The normalized spacial score (nSPS) is 10.6. The van der Waals surface area contributed by atoms with Crippen LogP contribution in [0.15, 0.2) is 29.1 Å². The first-order valence-corrected chi connectivity index (χ1v) is 5.10. The predicted molar refractivity (Wildman–Crippen MR) is 61.7 cm³/mol. The Morgan fingerprint density at radius 2 is 1.94 bits per heavy atom. The maximum Gasteiger partial charge on any atom is 0.269 e. The van der Waals surface area contributed by atoms with E-state index in [1.165, 1.54) is 4.68 Å². The second kappa shape index (κ2) is 3.89. The van der Waals surface area contributed by atoms with Crippen molar-refractivity contribution in [1.82, 2.24) is 9.78 Å². The molecular formula is C12H14N2O2. The average Bonchev–Trinajstić information content (AvgIpc) is 2.48. The van der Waals surface area contributed by atoms with Gasteiger partial charge in [0.1, 0.15) is 5.75 Å². The zero-order valence-corrected chi connectivity index (χ0v) is 9.32. The smallest absolute Gasteiger partial charge is 0.269 e. The Morgan fingerprint density at radius 1 is 1.31 bits per heavy atom. The summed E-state index contributed by atoms with van der Waals surface area (Å²) in [6, 6.07) is 6.89. The Morgan fingerprint density at radius 3 is 2.44 bits per heavy atom. The van der Waals surface area contributed by atoms with Gasteiger partial charge in [0.2, 0.25) is 0 Å². The number of aryl methyl sites for hydroxylation is 2. The minimum absolute atomic E-state index is 0.00516. The number of benzene rings is 1. The fourth-order valence-electron chi connectivity index (χ4n) is 1.76. The molecule has 1 aromatic heterocycles. The standard InChI is InChI=1S/C12H14N2O2/c1-8-11(12(16)14(2)13-8)7-9-3-5-10(15)6-4-9/h3-6,13,15H,7H2,1-2H3. The number of phenols is 1. The van der Waals surface area contributed by atoms with E-state index < -0.39 is 0 Å². The Labute approximate surface area is 93.1 Å². The first-order chi connectivity index (χ1) is 7.58. The van der Waals surface area contributed by atoms with E-state index in [0.29, 0.717) is 6.42 Å². The first-order valence-electron chi connectivity index (χ1n) is 5.10. The van der Waals surface area contributed by atoms with Crippen molar-refractivity contribution in [3.8, 4) is 5.75 Å². The molecule has 0 amide bonds. The number of rotatable bonds is 2. The van der Waals surface area contributed by atoms with Gasteiger partial charge in [-0.05, 0) is 24.6 Å². The van der Waals surface area contributed by atoms with Gasteiger partial charge >= 0.3 is 0 Å². The van der Waals surface area contributed by atoms with E-state index >= 15 is 0 Å². The number of aromatic nitrogens is 2. The first kappa shape index (κ1) is 10.5. The molecule has 0 fully saturated rings. The highest BCUT2D eigenvalue weighted by atomic mass is 16.3. The van der Waals surface area contributed by atoms with E-state index in [2.05, 4.69) is 5.10 Å². The summed E-state index contributed by atoms with van der Waals surface area (Å²) in [7, 11) is 1.70. The highest BCUT2D eigenvalue weighted by Gasteiger charge is 2.09. The Kier molecular flexibility index (Phi) is 2.56. The van der Waals surface area contributed by atoms with Gasteiger partial charge in [-0.2, -0.15) is 0 Å². The Hall–Kier alpha value is -1.97. The fourth-order valence-corrected chi connectivity index (χ4v) is 1.76. The number of hydrogen-bond acceptors (Lipinski definition) is 2. The van der Waals surface area contributed by atoms with E-state index in [4.69, 9.17) is 5.11 Å². The lowest BCUT2D eigenvalue weighted by Gasteiger charge is -1.99. The van der Waals surface area contributed by atoms with Gasteiger partial charge in [0.25, 0.3) is 5.56 Å². The summed E-state index contributed by atoms with van der Waals surface area (Å²) >= 11 is 0. The molecule has 0 unspecified atom stereocenters. The minimum Gasteiger partial charge on any atom is -0.508 e. The van der Waals surface area contributed by atoms with Crippen LogP contribution in [0, 0.1) is 6.92 Å². The van der Waals surface area contributed by atoms with Gasteiger partial charge < -0.3 is 5.11 Å². The summed E-state index contributed by atoms with van der Waals surface area (Å²) < 4.78 is 1.48. The number of nitrogens with zero attached hydrogens (tertiary/aromatic N) is 1. The lowest BCUT2D eigenvalue weighted by atomic mass is 10.1. The van der Waals surface area contributed by atoms with Crippen LogP contribution in [0.5, 0.6) is 5.75 Å². The zero-order chi connectivity index (χ0) is 11.7. The van der Waals surface area contributed by atoms with E-state index in [-0.39, 0.29) is 11.3 Å². The van der Waals surface area contributed by atoms with Gasteiger partial charge in [-0.15, -0.1) is 0 Å². The summed E-state index contributed by atoms with van der Waals surface area (Å²) in [5.41, 5.74) is 2.68. The van der Waals surface area contributed by atoms with E-state index in [1.807, 2.05) is 19.1 Å². The Balaban J connectivity index is 2.34. The maximum absolute atomic E-state index is 11.7. The number of aromatic amines is 1. The third kappa shape index (κ3) is 1.86. The van der Waals surface area contributed by atoms with Crippen LogP contribution in [-0.2, 0) is 13.5 Å². The molecule has 0 bridgehead atoms. The van der Waals surface area contributed by atoms with Crippen LogP contribution >= 0.6 is 0 Å². The van der Waals surface area contributed by atoms with Gasteiger partial charge in [-0.3, -0.25) is 14.6 Å². The molecule has 0 atom stereocenters. The molecule has 84 valence electrons. The van der Waals surface area contributed by atoms with Gasteiger partial charge in [-0.25, -0.2) is 0 Å². The lowest BCUT2D eigenvalue weighted by Crippen LogP contribution is -2.15. The molecule has 0 aliphatic heterocycles. The van der Waals surface area contributed by atoms with Crippen molar-refractivity contribution in [2.75, 3.05) is 0 Å². The van der Waals surface area contributed by atoms with Gasteiger partial charge in [0.05, 0.1) is 0 Å². The van der Waals surface area contributed by atoms with Crippen molar-refractivity contribution in [3.63, 3.8) is 0 Å². The Bertz CT molecular complexity index is 549. The molecule has 1 heterocycles. The van der Waals surface area contributed by atoms with E-state index in [9.17, 15) is 4.79 Å². The molecule has 2 rings (SSSR count). The predicted octanol–water partition coefficient (Wildman–Crippen LogP) is 1.32. The molecule has 2 aromatic rings. The third-order valence-corrected chi connectivity index (χ3v) is 2.67. The van der Waals surface area contributed by atoms with Crippen LogP contribution in [-0.4, -0.2) is 14.9 Å². The molecule has 4 nitrogen and oxygen atoms in total. The van der Waals surface area contributed by atoms with Crippen LogP contribution in [0.25, 0.3) is 0 Å². The van der Waals surface area contributed by atoms with E-state index in [0.717, 1.165) is 16.8 Å². The molecule has 16 heavy (non-hydrogen) atoms.